The van der Waals surface area contributed by atoms with E-state index in [-0.39, 0.29) is 11.3 Å². The number of hydrogen-bond acceptors (Lipinski definition) is 5. The Morgan fingerprint density at radius 1 is 1.25 bits per heavy atom. The number of benzene rings is 1. The quantitative estimate of drug-likeness (QED) is 0.861. The monoisotopic (exact) mass is 375 g/mol. The molecule has 2 aliphatic rings. The molecule has 144 valence electrons. The highest BCUT2D eigenvalue weighted by Crippen LogP contribution is 2.57. The van der Waals surface area contributed by atoms with Crippen molar-refractivity contribution in [3.05, 3.63) is 47.7 Å². The Balaban J connectivity index is 1.38. The van der Waals surface area contributed by atoms with Crippen LogP contribution in [0, 0.1) is 22.7 Å². The van der Waals surface area contributed by atoms with Crippen molar-refractivity contribution in [2.45, 2.75) is 39.0 Å². The minimum Gasteiger partial charge on any atom is -0.354 e. The number of nitrogens with zero attached hydrogens (tertiary/aromatic N) is 4. The number of rotatable bonds is 5. The van der Waals surface area contributed by atoms with Gasteiger partial charge in [-0.25, -0.2) is 0 Å². The molecule has 6 heteroatoms. The van der Waals surface area contributed by atoms with Gasteiger partial charge in [-0.05, 0) is 59.9 Å². The second kappa shape index (κ2) is 7.23. The first-order chi connectivity index (χ1) is 13.5. The third-order valence-electron chi connectivity index (χ3n) is 6.09. The van der Waals surface area contributed by atoms with Crippen molar-refractivity contribution >= 4 is 17.4 Å². The number of nitriles is 1. The fourth-order valence-electron chi connectivity index (χ4n) is 4.16. The molecule has 1 unspecified atom stereocenters. The van der Waals surface area contributed by atoms with Crippen LogP contribution in [0.1, 0.15) is 50.3 Å². The summed E-state index contributed by atoms with van der Waals surface area (Å²) in [5.74, 6) is 1.66. The van der Waals surface area contributed by atoms with Crippen molar-refractivity contribution in [1.29, 1.82) is 5.26 Å². The van der Waals surface area contributed by atoms with Gasteiger partial charge in [0.2, 0.25) is 5.91 Å². The van der Waals surface area contributed by atoms with Gasteiger partial charge >= 0.3 is 0 Å². The van der Waals surface area contributed by atoms with Crippen LogP contribution in [0.3, 0.4) is 0 Å². The summed E-state index contributed by atoms with van der Waals surface area (Å²) >= 11 is 0. The molecule has 1 spiro atoms. The van der Waals surface area contributed by atoms with Crippen LogP contribution in [0.15, 0.2) is 36.4 Å². The summed E-state index contributed by atoms with van der Waals surface area (Å²) in [7, 11) is 0. The average Bonchev–Trinajstić information content (AvgIpc) is 3.39. The molecule has 1 aromatic heterocycles. The summed E-state index contributed by atoms with van der Waals surface area (Å²) in [6, 6.07) is 13.6. The maximum absolute atomic E-state index is 12.6. The van der Waals surface area contributed by atoms with Crippen LogP contribution in [-0.2, 0) is 4.79 Å². The molecule has 0 radical (unpaired) electrons. The summed E-state index contributed by atoms with van der Waals surface area (Å²) in [6.45, 7) is 6.04. The Bertz CT molecular complexity index is 894. The van der Waals surface area contributed by atoms with E-state index in [0.29, 0.717) is 24.0 Å². The van der Waals surface area contributed by atoms with E-state index in [9.17, 15) is 4.79 Å². The molecule has 1 aromatic carbocycles. The molecule has 28 heavy (non-hydrogen) atoms. The van der Waals surface area contributed by atoms with Crippen LogP contribution in [0.5, 0.6) is 0 Å². The first-order valence-corrected chi connectivity index (χ1v) is 9.88. The Morgan fingerprint density at radius 3 is 2.57 bits per heavy atom. The zero-order valence-electron chi connectivity index (χ0n) is 16.4. The van der Waals surface area contributed by atoms with Gasteiger partial charge < -0.3 is 10.2 Å². The number of hydrogen-bond donors (Lipinski definition) is 1. The first kappa shape index (κ1) is 18.4. The molecular weight excluding hydrogens is 350 g/mol. The van der Waals surface area contributed by atoms with E-state index in [0.717, 1.165) is 37.4 Å². The van der Waals surface area contributed by atoms with Gasteiger partial charge in [0.05, 0.1) is 0 Å². The minimum absolute atomic E-state index is 0.0707. The van der Waals surface area contributed by atoms with Gasteiger partial charge in [-0.2, -0.15) is 5.26 Å². The smallest absolute Gasteiger partial charge is 0.224 e. The molecule has 2 aromatic rings. The lowest BCUT2D eigenvalue weighted by Crippen LogP contribution is -2.23. The fraction of sp³-hybridized carbons (Fsp3) is 0.455. The first-order valence-electron chi connectivity index (χ1n) is 9.88. The van der Waals surface area contributed by atoms with Crippen LogP contribution >= 0.6 is 0 Å². The van der Waals surface area contributed by atoms with Gasteiger partial charge in [-0.3, -0.25) is 4.79 Å². The fourth-order valence-corrected chi connectivity index (χ4v) is 4.16. The number of nitrogens with one attached hydrogen (secondary N) is 1. The second-order valence-corrected chi connectivity index (χ2v) is 8.36. The molecule has 1 atom stereocenters. The van der Waals surface area contributed by atoms with E-state index in [1.165, 1.54) is 5.56 Å². The summed E-state index contributed by atoms with van der Waals surface area (Å²) in [6.07, 6.45) is 2.84. The van der Waals surface area contributed by atoms with Crippen molar-refractivity contribution in [2.24, 2.45) is 11.3 Å². The summed E-state index contributed by atoms with van der Waals surface area (Å²) in [5, 5.41) is 20.1. The molecule has 0 bridgehead atoms. The largest absolute Gasteiger partial charge is 0.354 e. The third kappa shape index (κ3) is 3.70. The lowest BCUT2D eigenvalue weighted by Gasteiger charge is -2.16. The number of aromatic nitrogens is 2. The lowest BCUT2D eigenvalue weighted by atomic mass is 9.89. The van der Waals surface area contributed by atoms with Gasteiger partial charge in [0.1, 0.15) is 6.07 Å². The van der Waals surface area contributed by atoms with Crippen LogP contribution in [0.25, 0.3) is 0 Å². The lowest BCUT2D eigenvalue weighted by molar-refractivity contribution is -0.117. The molecule has 1 amide bonds. The summed E-state index contributed by atoms with van der Waals surface area (Å²) < 4.78 is 0. The van der Waals surface area contributed by atoms with Crippen LogP contribution in [-0.4, -0.2) is 29.2 Å². The third-order valence-corrected chi connectivity index (χ3v) is 6.09. The van der Waals surface area contributed by atoms with Crippen LogP contribution in [0.2, 0.25) is 0 Å². The maximum atomic E-state index is 12.6. The topological polar surface area (TPSA) is 81.9 Å². The van der Waals surface area contributed by atoms with Crippen LogP contribution in [0.4, 0.5) is 11.5 Å². The SMILES string of the molecule is CC(C)c1ccc(NC(=O)CC2CN(c3ccc(C#N)nn3)CC23CC3)cc1. The number of amides is 1. The summed E-state index contributed by atoms with van der Waals surface area (Å²) in [4.78, 5) is 14.8. The standard InChI is InChI=1S/C22H25N5O/c1-15(2)16-3-5-18(6-4-16)24-21(28)11-17-13-27(14-22(17)9-10-22)20-8-7-19(12-23)25-26-20/h3-8,15,17H,9-11,13-14H2,1-2H3,(H,24,28). The highest BCUT2D eigenvalue weighted by atomic mass is 16.1. The van der Waals surface area contributed by atoms with Crippen molar-refractivity contribution < 1.29 is 4.79 Å². The average molecular weight is 375 g/mol. The zero-order chi connectivity index (χ0) is 19.7. The predicted octanol–water partition coefficient (Wildman–Crippen LogP) is 3.72. The molecule has 2 fully saturated rings. The molecule has 1 aliphatic heterocycles. The van der Waals surface area contributed by atoms with E-state index in [1.54, 1.807) is 6.07 Å². The normalized spacial score (nSPS) is 19.6. The van der Waals surface area contributed by atoms with Crippen LogP contribution < -0.4 is 10.2 Å². The van der Waals surface area contributed by atoms with Gasteiger partial charge in [0, 0.05) is 25.2 Å². The molecule has 1 saturated heterocycles. The Morgan fingerprint density at radius 2 is 2.00 bits per heavy atom. The van der Waals surface area contributed by atoms with Gasteiger partial charge in [0.25, 0.3) is 0 Å². The van der Waals surface area contributed by atoms with E-state index < -0.39 is 0 Å². The Labute approximate surface area is 165 Å². The van der Waals surface area contributed by atoms with Crippen molar-refractivity contribution in [1.82, 2.24) is 10.2 Å². The van der Waals surface area contributed by atoms with E-state index >= 15 is 0 Å². The van der Waals surface area contributed by atoms with E-state index in [2.05, 4.69) is 46.4 Å². The number of carbonyl (C=O) groups is 1. The highest BCUT2D eigenvalue weighted by Gasteiger charge is 2.55. The Hall–Kier alpha value is -2.94. The van der Waals surface area contributed by atoms with E-state index in [1.807, 2.05) is 24.3 Å². The van der Waals surface area contributed by atoms with Crippen molar-refractivity contribution in [3.63, 3.8) is 0 Å². The molecule has 1 N–H and O–H groups in total. The molecule has 1 saturated carbocycles. The maximum Gasteiger partial charge on any atom is 0.224 e. The molecule has 2 heterocycles. The molecule has 1 aliphatic carbocycles. The van der Waals surface area contributed by atoms with Gasteiger partial charge in [-0.1, -0.05) is 26.0 Å². The van der Waals surface area contributed by atoms with Gasteiger partial charge in [0.15, 0.2) is 11.5 Å². The second-order valence-electron chi connectivity index (χ2n) is 8.36. The predicted molar refractivity (Wildman–Crippen MR) is 108 cm³/mol. The number of anilines is 2. The van der Waals surface area contributed by atoms with E-state index in [4.69, 9.17) is 5.26 Å². The molecular formula is C22H25N5O. The highest BCUT2D eigenvalue weighted by molar-refractivity contribution is 5.91. The van der Waals surface area contributed by atoms with Gasteiger partial charge in [-0.15, -0.1) is 10.2 Å². The molecule has 4 rings (SSSR count). The Kier molecular flexibility index (Phi) is 4.76. The zero-order valence-corrected chi connectivity index (χ0v) is 16.4. The number of carbonyl (C=O) groups excluding carboxylic acids is 1. The minimum atomic E-state index is 0.0707. The van der Waals surface area contributed by atoms with Crippen molar-refractivity contribution in [3.8, 4) is 6.07 Å². The molecule has 6 nitrogen and oxygen atoms in total. The van der Waals surface area contributed by atoms with Crippen molar-refractivity contribution in [2.75, 3.05) is 23.3 Å². The summed E-state index contributed by atoms with van der Waals surface area (Å²) in [5.41, 5.74) is 2.68.